The van der Waals surface area contributed by atoms with Crippen LogP contribution in [0.1, 0.15) is 35.3 Å². The maximum absolute atomic E-state index is 14.1. The van der Waals surface area contributed by atoms with Crippen LogP contribution in [0.4, 0.5) is 17.1 Å². The molecule has 0 spiro atoms. The van der Waals surface area contributed by atoms with E-state index in [0.29, 0.717) is 50.4 Å². The molecule has 206 valence electrons. The Labute approximate surface area is 239 Å². The van der Waals surface area contributed by atoms with Gasteiger partial charge in [-0.2, -0.15) is 0 Å². The fraction of sp³-hybridized carbons (Fsp3) is 0.152. The summed E-state index contributed by atoms with van der Waals surface area (Å²) < 4.78 is 33.5. The van der Waals surface area contributed by atoms with E-state index in [1.807, 2.05) is 99.6 Å². The van der Waals surface area contributed by atoms with Crippen LogP contribution in [0.25, 0.3) is 33.3 Å². The number of hydrogen-bond donors (Lipinski definition) is 2. The first kappa shape index (κ1) is 26.5. The van der Waals surface area contributed by atoms with Gasteiger partial charge in [0, 0.05) is 28.3 Å². The maximum atomic E-state index is 14.1. The van der Waals surface area contributed by atoms with Gasteiger partial charge in [0.05, 0.1) is 35.0 Å². The van der Waals surface area contributed by atoms with Gasteiger partial charge in [-0.1, -0.05) is 54.6 Å². The Kier molecular flexibility index (Phi) is 6.50. The van der Waals surface area contributed by atoms with Gasteiger partial charge in [-0.05, 0) is 61.7 Å². The number of ether oxygens (including phenoxy) is 1. The molecular weight excluding hydrogens is 534 g/mol. The van der Waals surface area contributed by atoms with Crippen molar-refractivity contribution < 1.29 is 17.9 Å². The number of rotatable bonds is 7. The fourth-order valence-electron chi connectivity index (χ4n) is 5.30. The fourth-order valence-corrected chi connectivity index (χ4v) is 5.87. The molecule has 4 aromatic carbocycles. The standard InChI is InChI=1S/C33H29N3O4S/c1-19(2)40-29-18-28(34-21-10-6-5-7-11-21)31-30-25(22-12-8-9-13-23(22)33(31)37)17-26(35-32(29)30)24-15-14-20(3)16-27(24)36-41(4,38)39/h5-19,34,36H,1-4H3. The van der Waals surface area contributed by atoms with Crippen molar-refractivity contribution in [3.05, 3.63) is 102 Å². The molecule has 1 heterocycles. The summed E-state index contributed by atoms with van der Waals surface area (Å²) in [7, 11) is -3.55. The number of aryl methyl sites for hydroxylation is 1. The number of nitrogens with one attached hydrogen (secondary N) is 2. The third-order valence-corrected chi connectivity index (χ3v) is 7.49. The Morgan fingerprint density at radius 1 is 0.805 bits per heavy atom. The number of ketones is 1. The second kappa shape index (κ2) is 10.1. The molecule has 6 rings (SSSR count). The zero-order valence-corrected chi connectivity index (χ0v) is 24.0. The van der Waals surface area contributed by atoms with Crippen molar-refractivity contribution in [2.75, 3.05) is 16.3 Å². The summed E-state index contributed by atoms with van der Waals surface area (Å²) in [4.78, 5) is 19.1. The van der Waals surface area contributed by atoms with Crippen molar-refractivity contribution in [3.63, 3.8) is 0 Å². The van der Waals surface area contributed by atoms with Crippen molar-refractivity contribution in [1.29, 1.82) is 0 Å². The van der Waals surface area contributed by atoms with Crippen molar-refractivity contribution in [2.24, 2.45) is 0 Å². The number of para-hydroxylation sites is 1. The molecule has 0 radical (unpaired) electrons. The van der Waals surface area contributed by atoms with Crippen LogP contribution in [0.15, 0.2) is 84.9 Å². The molecule has 0 aliphatic heterocycles. The number of fused-ring (bicyclic) bond motifs is 2. The molecule has 2 N–H and O–H groups in total. The zero-order valence-electron chi connectivity index (χ0n) is 23.1. The summed E-state index contributed by atoms with van der Waals surface area (Å²) in [6, 6.07) is 26.5. The molecule has 0 amide bonds. The molecule has 0 fully saturated rings. The van der Waals surface area contributed by atoms with Crippen molar-refractivity contribution in [2.45, 2.75) is 26.9 Å². The van der Waals surface area contributed by atoms with Crippen LogP contribution in [0.5, 0.6) is 5.75 Å². The predicted octanol–water partition coefficient (Wildman–Crippen LogP) is 7.32. The van der Waals surface area contributed by atoms with Crippen LogP contribution >= 0.6 is 0 Å². The van der Waals surface area contributed by atoms with E-state index in [2.05, 4.69) is 10.0 Å². The van der Waals surface area contributed by atoms with E-state index in [-0.39, 0.29) is 11.9 Å². The van der Waals surface area contributed by atoms with E-state index < -0.39 is 10.0 Å². The molecule has 5 aromatic rings. The molecule has 0 atom stereocenters. The highest BCUT2D eigenvalue weighted by atomic mass is 32.2. The highest BCUT2D eigenvalue weighted by Gasteiger charge is 2.31. The number of anilines is 3. The lowest BCUT2D eigenvalue weighted by Crippen LogP contribution is -2.15. The summed E-state index contributed by atoms with van der Waals surface area (Å²) >= 11 is 0. The minimum atomic E-state index is -3.55. The van der Waals surface area contributed by atoms with Gasteiger partial charge < -0.3 is 10.1 Å². The van der Waals surface area contributed by atoms with Crippen molar-refractivity contribution in [1.82, 2.24) is 4.98 Å². The van der Waals surface area contributed by atoms with Crippen molar-refractivity contribution >= 4 is 43.8 Å². The zero-order chi connectivity index (χ0) is 28.9. The highest BCUT2D eigenvalue weighted by molar-refractivity contribution is 7.92. The van der Waals surface area contributed by atoms with Crippen LogP contribution in [0.3, 0.4) is 0 Å². The maximum Gasteiger partial charge on any atom is 0.229 e. The number of hydrogen-bond acceptors (Lipinski definition) is 6. The number of aromatic nitrogens is 1. The topological polar surface area (TPSA) is 97.4 Å². The Hall–Kier alpha value is -4.69. The van der Waals surface area contributed by atoms with Gasteiger partial charge in [0.2, 0.25) is 10.0 Å². The lowest BCUT2D eigenvalue weighted by Gasteiger charge is -2.25. The lowest BCUT2D eigenvalue weighted by molar-refractivity contribution is 0.104. The van der Waals surface area contributed by atoms with Crippen LogP contribution in [-0.2, 0) is 10.0 Å². The molecular formula is C33H29N3O4S. The van der Waals surface area contributed by atoms with Crippen molar-refractivity contribution in [3.8, 4) is 28.1 Å². The molecule has 1 aliphatic carbocycles. The minimum Gasteiger partial charge on any atom is -0.489 e. The van der Waals surface area contributed by atoms with Crippen LogP contribution in [0, 0.1) is 6.92 Å². The first-order valence-corrected chi connectivity index (χ1v) is 15.2. The quantitative estimate of drug-likeness (QED) is 0.211. The largest absolute Gasteiger partial charge is 0.489 e. The van der Waals surface area contributed by atoms with Crippen LogP contribution in [0.2, 0.25) is 0 Å². The normalized spacial score (nSPS) is 12.4. The summed E-state index contributed by atoms with van der Waals surface area (Å²) in [6.45, 7) is 5.78. The van der Waals surface area contributed by atoms with E-state index in [4.69, 9.17) is 9.72 Å². The van der Waals surface area contributed by atoms with Gasteiger partial charge in [0.15, 0.2) is 5.78 Å². The summed E-state index contributed by atoms with van der Waals surface area (Å²) in [5.41, 5.74) is 7.24. The Morgan fingerprint density at radius 2 is 1.51 bits per heavy atom. The second-order valence-corrected chi connectivity index (χ2v) is 12.3. The molecule has 8 heteroatoms. The summed E-state index contributed by atoms with van der Waals surface area (Å²) in [6.07, 6.45) is 0.969. The molecule has 1 aromatic heterocycles. The number of nitrogens with zero attached hydrogens (tertiary/aromatic N) is 1. The Morgan fingerprint density at radius 3 is 2.22 bits per heavy atom. The smallest absolute Gasteiger partial charge is 0.229 e. The number of carbonyl (C=O) groups is 1. The molecule has 0 saturated carbocycles. The average Bonchev–Trinajstić information content (AvgIpc) is 2.92. The lowest BCUT2D eigenvalue weighted by atomic mass is 9.82. The molecule has 0 unspecified atom stereocenters. The first-order chi connectivity index (χ1) is 19.6. The summed E-state index contributed by atoms with van der Waals surface area (Å²) in [5, 5.41) is 4.13. The van der Waals surface area contributed by atoms with Gasteiger partial charge in [-0.15, -0.1) is 0 Å². The van der Waals surface area contributed by atoms with E-state index in [0.717, 1.165) is 28.6 Å². The monoisotopic (exact) mass is 563 g/mol. The predicted molar refractivity (Wildman–Crippen MR) is 165 cm³/mol. The number of pyridine rings is 1. The van der Waals surface area contributed by atoms with Crippen LogP contribution < -0.4 is 14.8 Å². The van der Waals surface area contributed by atoms with Gasteiger partial charge >= 0.3 is 0 Å². The summed E-state index contributed by atoms with van der Waals surface area (Å²) in [5.74, 6) is 0.425. The third kappa shape index (κ3) is 5.02. The Bertz CT molecular complexity index is 1950. The second-order valence-electron chi connectivity index (χ2n) is 10.5. The van der Waals surface area contributed by atoms with E-state index in [1.54, 1.807) is 6.07 Å². The van der Waals surface area contributed by atoms with E-state index in [9.17, 15) is 13.2 Å². The molecule has 0 saturated heterocycles. The minimum absolute atomic E-state index is 0.100. The van der Waals surface area contributed by atoms with Gasteiger partial charge in [-0.25, -0.2) is 13.4 Å². The van der Waals surface area contributed by atoms with Gasteiger partial charge in [0.1, 0.15) is 11.3 Å². The molecule has 41 heavy (non-hydrogen) atoms. The third-order valence-electron chi connectivity index (χ3n) is 6.90. The number of carbonyl (C=O) groups excluding carboxylic acids is 1. The van der Waals surface area contributed by atoms with Crippen LogP contribution in [-0.4, -0.2) is 31.5 Å². The van der Waals surface area contributed by atoms with E-state index in [1.165, 1.54) is 0 Å². The first-order valence-electron chi connectivity index (χ1n) is 13.3. The highest BCUT2D eigenvalue weighted by Crippen LogP contribution is 2.47. The number of benzene rings is 4. The van der Waals surface area contributed by atoms with E-state index >= 15 is 0 Å². The number of sulfonamides is 1. The average molecular weight is 564 g/mol. The SMILES string of the molecule is Cc1ccc(-c2cc3c4c(c(Nc5ccccc5)cc(OC(C)C)c4n2)C(=O)c2ccccc2-3)c(NS(C)(=O)=O)c1. The molecule has 1 aliphatic rings. The molecule has 7 nitrogen and oxygen atoms in total. The molecule has 0 bridgehead atoms. The van der Waals surface area contributed by atoms with Gasteiger partial charge in [0.25, 0.3) is 0 Å². The van der Waals surface area contributed by atoms with Gasteiger partial charge in [-0.3, -0.25) is 9.52 Å². The Balaban J connectivity index is 1.70.